The fourth-order valence-electron chi connectivity index (χ4n) is 3.97. The van der Waals surface area contributed by atoms with Crippen LogP contribution in [0.2, 0.25) is 0 Å². The molecule has 0 bridgehead atoms. The first-order valence-corrected chi connectivity index (χ1v) is 10.5. The molecular weight excluding hydrogens is 366 g/mol. The second kappa shape index (κ2) is 12.3. The smallest absolute Gasteiger partial charge is 0.162 e. The Labute approximate surface area is 167 Å². The van der Waals surface area contributed by atoms with E-state index in [1.807, 2.05) is 0 Å². The Hall–Kier alpha value is -1.17. The molecule has 0 aromatic heterocycles. The molecule has 0 saturated carbocycles. The third kappa shape index (κ3) is 7.40. The van der Waals surface area contributed by atoms with Crippen molar-refractivity contribution >= 4 is 23.6 Å². The number of carbonyl (C=O) groups excluding carboxylic acids is 1. The van der Waals surface area contributed by atoms with E-state index < -0.39 is 0 Å². The summed E-state index contributed by atoms with van der Waals surface area (Å²) in [6.45, 7) is 1.95. The fourth-order valence-corrected chi connectivity index (χ4v) is 4.05. The Morgan fingerprint density at radius 3 is 2.81 bits per heavy atom. The first-order chi connectivity index (χ1) is 13.2. The Morgan fingerprint density at radius 2 is 2.15 bits per heavy atom. The molecule has 1 heterocycles. The van der Waals surface area contributed by atoms with Crippen molar-refractivity contribution in [2.24, 2.45) is 11.8 Å². The molecule has 2 aliphatic rings. The van der Waals surface area contributed by atoms with Crippen LogP contribution in [-0.2, 0) is 14.3 Å². The molecule has 5 nitrogen and oxygen atoms in total. The van der Waals surface area contributed by atoms with Crippen molar-refractivity contribution in [3.8, 4) is 0 Å². The number of ketones is 1. The lowest BCUT2D eigenvalue weighted by Crippen LogP contribution is -2.30. The number of halogens is 1. The quantitative estimate of drug-likeness (QED) is 0.382. The maximum absolute atomic E-state index is 12.5. The van der Waals surface area contributed by atoms with E-state index in [4.69, 9.17) is 26.5 Å². The van der Waals surface area contributed by atoms with Crippen molar-refractivity contribution in [1.82, 2.24) is 0 Å². The van der Waals surface area contributed by atoms with Gasteiger partial charge >= 0.3 is 0 Å². The number of aliphatic hydroxyl groups excluding tert-OH is 1. The van der Waals surface area contributed by atoms with Gasteiger partial charge in [0.2, 0.25) is 0 Å². The van der Waals surface area contributed by atoms with Crippen LogP contribution in [0.1, 0.15) is 57.8 Å². The Morgan fingerprint density at radius 1 is 1.30 bits per heavy atom. The number of rotatable bonds is 11. The van der Waals surface area contributed by atoms with Crippen LogP contribution < -0.4 is 0 Å². The number of Topliss-reactive ketones (excluding diaryl/α,β-unsaturated/α-hetero) is 1. The van der Waals surface area contributed by atoms with E-state index in [-0.39, 0.29) is 17.8 Å². The Kier molecular flexibility index (Phi) is 10.1. The number of carbonyl (C=O) groups is 1. The largest absolute Gasteiger partial charge is 0.512 e. The van der Waals surface area contributed by atoms with E-state index in [1.54, 1.807) is 6.08 Å². The molecule has 0 radical (unpaired) electrons. The molecule has 1 aliphatic carbocycles. The van der Waals surface area contributed by atoms with E-state index >= 15 is 0 Å². The van der Waals surface area contributed by atoms with Gasteiger partial charge in [-0.15, -0.1) is 0 Å². The topological polar surface area (TPSA) is 79.6 Å². The summed E-state index contributed by atoms with van der Waals surface area (Å²) in [5, 5.41) is 17.8. The minimum Gasteiger partial charge on any atom is -0.512 e. The number of aliphatic hydroxyl groups is 1. The normalized spacial score (nSPS) is 25.1. The summed E-state index contributed by atoms with van der Waals surface area (Å²) in [5.74, 6) is 1.05. The summed E-state index contributed by atoms with van der Waals surface area (Å²) in [6.07, 6.45) is 10.3. The van der Waals surface area contributed by atoms with Gasteiger partial charge in [0.05, 0.1) is 18.5 Å². The highest BCUT2D eigenvalue weighted by atomic mass is 35.5. The number of allylic oxidation sites excluding steroid dienone is 2. The summed E-state index contributed by atoms with van der Waals surface area (Å²) in [6, 6.07) is 0. The second-order valence-corrected chi connectivity index (χ2v) is 7.75. The van der Waals surface area contributed by atoms with Crippen molar-refractivity contribution < 1.29 is 19.4 Å². The molecular formula is C21H32ClNO4. The number of hydrogen-bond donors (Lipinski definition) is 2. The molecule has 3 atom stereocenters. The van der Waals surface area contributed by atoms with E-state index in [0.29, 0.717) is 43.1 Å². The zero-order chi connectivity index (χ0) is 19.5. The van der Waals surface area contributed by atoms with Gasteiger partial charge in [0.15, 0.2) is 5.78 Å². The highest BCUT2D eigenvalue weighted by Gasteiger charge is 2.33. The summed E-state index contributed by atoms with van der Waals surface area (Å²) in [7, 11) is 0. The van der Waals surface area contributed by atoms with Gasteiger partial charge in [-0.1, -0.05) is 24.4 Å². The van der Waals surface area contributed by atoms with Crippen LogP contribution in [0.25, 0.3) is 0 Å². The molecule has 27 heavy (non-hydrogen) atoms. The van der Waals surface area contributed by atoms with Crippen molar-refractivity contribution in [3.05, 3.63) is 22.9 Å². The lowest BCUT2D eigenvalue weighted by atomic mass is 9.76. The molecule has 1 fully saturated rings. The molecule has 0 aromatic carbocycles. The van der Waals surface area contributed by atoms with E-state index in [2.05, 4.69) is 0 Å². The zero-order valence-electron chi connectivity index (χ0n) is 16.0. The van der Waals surface area contributed by atoms with Crippen molar-refractivity contribution in [2.75, 3.05) is 19.8 Å². The molecule has 0 spiro atoms. The molecule has 0 amide bonds. The van der Waals surface area contributed by atoms with E-state index in [9.17, 15) is 9.90 Å². The van der Waals surface area contributed by atoms with Gasteiger partial charge in [-0.3, -0.25) is 4.79 Å². The molecule has 1 saturated heterocycles. The lowest BCUT2D eigenvalue weighted by molar-refractivity contribution is -0.118. The summed E-state index contributed by atoms with van der Waals surface area (Å²) in [5.41, 5.74) is 2.05. The van der Waals surface area contributed by atoms with Gasteiger partial charge in [0, 0.05) is 43.4 Å². The molecule has 3 unspecified atom stereocenters. The maximum atomic E-state index is 12.5. The second-order valence-electron chi connectivity index (χ2n) is 7.49. The molecule has 152 valence electrons. The van der Waals surface area contributed by atoms with E-state index in [0.717, 1.165) is 51.7 Å². The zero-order valence-corrected chi connectivity index (χ0v) is 16.8. The minimum atomic E-state index is -0.194. The predicted molar refractivity (Wildman–Crippen MR) is 108 cm³/mol. The Balaban J connectivity index is 1.70. The SMILES string of the molecule is N=CC(CCCCCC1=C(O)CC(C2CCCOC2)CC1=O)OCC=CCl. The van der Waals surface area contributed by atoms with Crippen molar-refractivity contribution in [3.63, 3.8) is 0 Å². The van der Waals surface area contributed by atoms with Crippen LogP contribution in [-0.4, -0.2) is 43.0 Å². The number of hydrogen-bond acceptors (Lipinski definition) is 5. The first-order valence-electron chi connectivity index (χ1n) is 10.0. The third-order valence-corrected chi connectivity index (χ3v) is 5.73. The van der Waals surface area contributed by atoms with Crippen LogP contribution in [0.3, 0.4) is 0 Å². The molecule has 6 heteroatoms. The number of unbranched alkanes of at least 4 members (excludes halogenated alkanes) is 2. The van der Waals surface area contributed by atoms with Gasteiger partial charge < -0.3 is 20.0 Å². The number of nitrogens with one attached hydrogen (secondary N) is 1. The average molecular weight is 398 g/mol. The molecule has 1 aliphatic heterocycles. The van der Waals surface area contributed by atoms with Crippen molar-refractivity contribution in [2.45, 2.75) is 63.9 Å². The highest BCUT2D eigenvalue weighted by molar-refractivity contribution is 6.25. The van der Waals surface area contributed by atoms with Crippen LogP contribution in [0, 0.1) is 17.2 Å². The van der Waals surface area contributed by atoms with Crippen LogP contribution in [0.5, 0.6) is 0 Å². The molecule has 2 rings (SSSR count). The summed E-state index contributed by atoms with van der Waals surface area (Å²) >= 11 is 5.45. The third-order valence-electron chi connectivity index (χ3n) is 5.55. The van der Waals surface area contributed by atoms with Crippen molar-refractivity contribution in [1.29, 1.82) is 5.41 Å². The van der Waals surface area contributed by atoms with Crippen LogP contribution in [0.15, 0.2) is 22.9 Å². The van der Waals surface area contributed by atoms with Gasteiger partial charge in [0.1, 0.15) is 0 Å². The summed E-state index contributed by atoms with van der Waals surface area (Å²) in [4.78, 5) is 12.5. The van der Waals surface area contributed by atoms with E-state index in [1.165, 1.54) is 11.7 Å². The fraction of sp³-hybridized carbons (Fsp3) is 0.714. The summed E-state index contributed by atoms with van der Waals surface area (Å²) < 4.78 is 11.0. The monoisotopic (exact) mass is 397 g/mol. The maximum Gasteiger partial charge on any atom is 0.162 e. The first kappa shape index (κ1) is 22.1. The molecule has 0 aromatic rings. The van der Waals surface area contributed by atoms with Gasteiger partial charge in [-0.25, -0.2) is 0 Å². The van der Waals surface area contributed by atoms with Gasteiger partial charge in [0.25, 0.3) is 0 Å². The molecule has 2 N–H and O–H groups in total. The number of ether oxygens (including phenoxy) is 2. The highest BCUT2D eigenvalue weighted by Crippen LogP contribution is 2.36. The van der Waals surface area contributed by atoms with Gasteiger partial charge in [-0.05, 0) is 50.0 Å². The minimum absolute atomic E-state index is 0.114. The van der Waals surface area contributed by atoms with Crippen LogP contribution >= 0.6 is 11.6 Å². The van der Waals surface area contributed by atoms with Gasteiger partial charge in [-0.2, -0.15) is 0 Å². The van der Waals surface area contributed by atoms with Crippen LogP contribution in [0.4, 0.5) is 0 Å². The predicted octanol–water partition coefficient (Wildman–Crippen LogP) is 4.94. The Bertz CT molecular complexity index is 540. The average Bonchev–Trinajstić information content (AvgIpc) is 2.68. The standard InChI is InChI=1S/C21H32ClNO4/c22-9-5-11-27-18(14-23)7-2-1-3-8-19-20(24)12-17(13-21(19)25)16-6-4-10-26-15-16/h5,9,14,16-18,23-24H,1-4,6-8,10-13,15H2. The lowest BCUT2D eigenvalue weighted by Gasteiger charge is -2.32.